The van der Waals surface area contributed by atoms with Gasteiger partial charge in [0.2, 0.25) is 5.91 Å². The molecule has 1 aliphatic rings. The predicted octanol–water partition coefficient (Wildman–Crippen LogP) is 2.69. The molecule has 0 saturated carbocycles. The topological polar surface area (TPSA) is 60.0 Å². The van der Waals surface area contributed by atoms with Crippen molar-refractivity contribution in [3.8, 4) is 0 Å². The monoisotopic (exact) mass is 513 g/mol. The Morgan fingerprint density at radius 3 is 2.39 bits per heavy atom. The van der Waals surface area contributed by atoms with Crippen molar-refractivity contribution in [3.05, 3.63) is 52.2 Å². The first-order valence-electron chi connectivity index (χ1n) is 9.23. The van der Waals surface area contributed by atoms with Crippen LogP contribution in [0.25, 0.3) is 0 Å². The third kappa shape index (κ3) is 6.37. The molecule has 3 rings (SSSR count). The average Bonchev–Trinajstić information content (AvgIpc) is 3.14. The number of amides is 1. The fourth-order valence-corrected chi connectivity index (χ4v) is 3.93. The number of nitrogens with zero attached hydrogens (tertiary/aromatic N) is 3. The van der Waals surface area contributed by atoms with Crippen molar-refractivity contribution in [1.82, 2.24) is 15.5 Å². The van der Waals surface area contributed by atoms with Gasteiger partial charge in [-0.3, -0.25) is 9.79 Å². The Morgan fingerprint density at radius 2 is 1.79 bits per heavy atom. The van der Waals surface area contributed by atoms with Gasteiger partial charge < -0.3 is 20.4 Å². The van der Waals surface area contributed by atoms with Gasteiger partial charge in [0.1, 0.15) is 0 Å². The molecule has 0 radical (unpaired) electrons. The van der Waals surface area contributed by atoms with Crippen molar-refractivity contribution in [2.75, 3.05) is 44.7 Å². The van der Waals surface area contributed by atoms with E-state index in [0.717, 1.165) is 26.2 Å². The molecule has 0 bridgehead atoms. The van der Waals surface area contributed by atoms with Gasteiger partial charge in [0.25, 0.3) is 0 Å². The average molecular weight is 513 g/mol. The molecular weight excluding hydrogens is 485 g/mol. The van der Waals surface area contributed by atoms with Crippen LogP contribution in [-0.4, -0.2) is 56.5 Å². The lowest BCUT2D eigenvalue weighted by molar-refractivity contribution is -0.130. The second kappa shape index (κ2) is 11.3. The molecule has 1 fully saturated rings. The number of nitrogens with one attached hydrogen (secondary N) is 2. The highest BCUT2D eigenvalue weighted by Crippen LogP contribution is 2.16. The van der Waals surface area contributed by atoms with Crippen molar-refractivity contribution in [3.63, 3.8) is 0 Å². The maximum atomic E-state index is 12.5. The summed E-state index contributed by atoms with van der Waals surface area (Å²) < 4.78 is 0. The summed E-state index contributed by atoms with van der Waals surface area (Å²) in [5.41, 5.74) is 1.22. The molecule has 2 N–H and O–H groups in total. The van der Waals surface area contributed by atoms with E-state index in [9.17, 15) is 4.79 Å². The van der Waals surface area contributed by atoms with Gasteiger partial charge in [0, 0.05) is 48.7 Å². The van der Waals surface area contributed by atoms with Gasteiger partial charge in [0.15, 0.2) is 5.96 Å². The first kappa shape index (κ1) is 22.5. The summed E-state index contributed by atoms with van der Waals surface area (Å²) in [4.78, 5) is 23.5. The molecule has 2 aromatic rings. The number of rotatable bonds is 5. The second-order valence-electron chi connectivity index (χ2n) is 6.50. The smallest absolute Gasteiger partial charge is 0.242 e. The summed E-state index contributed by atoms with van der Waals surface area (Å²) in [6, 6.07) is 14.6. The van der Waals surface area contributed by atoms with Crippen LogP contribution >= 0.6 is 35.3 Å². The maximum Gasteiger partial charge on any atom is 0.242 e. The molecule has 8 heteroatoms. The normalized spacial score (nSPS) is 14.4. The summed E-state index contributed by atoms with van der Waals surface area (Å²) >= 11 is 1.76. The highest BCUT2D eigenvalue weighted by molar-refractivity contribution is 14.0. The van der Waals surface area contributed by atoms with E-state index in [2.05, 4.69) is 51.7 Å². The Labute approximate surface area is 188 Å². The summed E-state index contributed by atoms with van der Waals surface area (Å²) in [6.07, 6.45) is 0. The van der Waals surface area contributed by atoms with Crippen LogP contribution < -0.4 is 15.5 Å². The molecule has 0 aliphatic carbocycles. The summed E-state index contributed by atoms with van der Waals surface area (Å²) in [7, 11) is 1.72. The van der Waals surface area contributed by atoms with E-state index in [1.165, 1.54) is 15.4 Å². The van der Waals surface area contributed by atoms with Crippen LogP contribution in [0.5, 0.6) is 0 Å². The second-order valence-corrected chi connectivity index (χ2v) is 7.87. The maximum absolute atomic E-state index is 12.5. The molecule has 1 aromatic heterocycles. The number of aliphatic imine (C=N–C) groups is 1. The lowest BCUT2D eigenvalue weighted by Gasteiger charge is -2.36. The third-order valence-electron chi connectivity index (χ3n) is 4.61. The van der Waals surface area contributed by atoms with Crippen LogP contribution in [0.2, 0.25) is 0 Å². The zero-order valence-corrected chi connectivity index (χ0v) is 19.5. The molecule has 28 heavy (non-hydrogen) atoms. The number of carbonyl (C=O) groups is 1. The van der Waals surface area contributed by atoms with Gasteiger partial charge in [0.05, 0.1) is 13.1 Å². The van der Waals surface area contributed by atoms with Crippen molar-refractivity contribution in [2.24, 2.45) is 4.99 Å². The molecule has 0 spiro atoms. The minimum atomic E-state index is 0. The lowest BCUT2D eigenvalue weighted by Crippen LogP contribution is -2.52. The molecule has 152 valence electrons. The summed E-state index contributed by atoms with van der Waals surface area (Å²) in [6.45, 7) is 6.28. The SMILES string of the molecule is CN=C(NCC(=O)N1CCN(c2ccccc2)CC1)NCc1ccc(C)s1.I. The first-order chi connectivity index (χ1) is 13.2. The van der Waals surface area contributed by atoms with Crippen LogP contribution in [-0.2, 0) is 11.3 Å². The van der Waals surface area contributed by atoms with Crippen molar-refractivity contribution in [1.29, 1.82) is 0 Å². The standard InChI is InChI=1S/C20H27N5OS.HI/c1-16-8-9-18(27-16)14-22-20(21-2)23-15-19(26)25-12-10-24(11-13-25)17-6-4-3-5-7-17;/h3-9H,10-15H2,1-2H3,(H2,21,22,23);1H. The minimum absolute atomic E-state index is 0. The Bertz CT molecular complexity index is 772. The largest absolute Gasteiger partial charge is 0.368 e. The summed E-state index contributed by atoms with van der Waals surface area (Å²) in [5, 5.41) is 6.38. The highest BCUT2D eigenvalue weighted by Gasteiger charge is 2.21. The number of guanidine groups is 1. The van der Waals surface area contributed by atoms with Gasteiger partial charge in [-0.25, -0.2) is 0 Å². The minimum Gasteiger partial charge on any atom is -0.368 e. The van der Waals surface area contributed by atoms with E-state index in [-0.39, 0.29) is 36.4 Å². The van der Waals surface area contributed by atoms with Crippen LogP contribution in [0, 0.1) is 6.92 Å². The van der Waals surface area contributed by atoms with Crippen molar-refractivity contribution < 1.29 is 4.79 Å². The molecular formula is C20H28IN5OS. The highest BCUT2D eigenvalue weighted by atomic mass is 127. The van der Waals surface area contributed by atoms with Crippen LogP contribution in [0.15, 0.2) is 47.5 Å². The van der Waals surface area contributed by atoms with Gasteiger partial charge in [-0.2, -0.15) is 0 Å². The van der Waals surface area contributed by atoms with Crippen molar-refractivity contribution >= 4 is 52.9 Å². The van der Waals surface area contributed by atoms with Crippen molar-refractivity contribution in [2.45, 2.75) is 13.5 Å². The number of halogens is 1. The van der Waals surface area contributed by atoms with E-state index in [4.69, 9.17) is 0 Å². The third-order valence-corrected chi connectivity index (χ3v) is 5.61. The number of carbonyl (C=O) groups excluding carboxylic acids is 1. The fraction of sp³-hybridized carbons (Fsp3) is 0.400. The molecule has 6 nitrogen and oxygen atoms in total. The number of hydrogen-bond donors (Lipinski definition) is 2. The number of aryl methyl sites for hydroxylation is 1. The number of anilines is 1. The van der Waals surface area contributed by atoms with E-state index >= 15 is 0 Å². The Balaban J connectivity index is 0.00000280. The molecule has 0 unspecified atom stereocenters. The van der Waals surface area contributed by atoms with Gasteiger partial charge in [-0.15, -0.1) is 35.3 Å². The van der Waals surface area contributed by atoms with E-state index in [0.29, 0.717) is 12.5 Å². The molecule has 1 saturated heterocycles. The van der Waals surface area contributed by atoms with Crippen LogP contribution in [0.1, 0.15) is 9.75 Å². The Kier molecular flexibility index (Phi) is 9.04. The van der Waals surface area contributed by atoms with E-state index in [1.54, 1.807) is 18.4 Å². The number of thiophene rings is 1. The quantitative estimate of drug-likeness (QED) is 0.367. The molecule has 1 aliphatic heterocycles. The molecule has 0 atom stereocenters. The zero-order valence-electron chi connectivity index (χ0n) is 16.4. The molecule has 2 heterocycles. The van der Waals surface area contributed by atoms with Crippen LogP contribution in [0.3, 0.4) is 0 Å². The van der Waals surface area contributed by atoms with E-state index in [1.807, 2.05) is 23.1 Å². The summed E-state index contributed by atoms with van der Waals surface area (Å²) in [5.74, 6) is 0.759. The number of piperazine rings is 1. The first-order valence-corrected chi connectivity index (χ1v) is 10.0. The molecule has 1 aromatic carbocycles. The number of hydrogen-bond acceptors (Lipinski definition) is 4. The van der Waals surface area contributed by atoms with Gasteiger partial charge in [-0.05, 0) is 31.2 Å². The number of benzene rings is 1. The predicted molar refractivity (Wildman–Crippen MR) is 128 cm³/mol. The fourth-order valence-electron chi connectivity index (χ4n) is 3.10. The van der Waals surface area contributed by atoms with Gasteiger partial charge >= 0.3 is 0 Å². The Hall–Kier alpha value is -1.81. The lowest BCUT2D eigenvalue weighted by atomic mass is 10.2. The van der Waals surface area contributed by atoms with E-state index < -0.39 is 0 Å². The molecule has 1 amide bonds. The van der Waals surface area contributed by atoms with Crippen LogP contribution in [0.4, 0.5) is 5.69 Å². The zero-order chi connectivity index (χ0) is 19.1. The number of para-hydroxylation sites is 1. The Morgan fingerprint density at radius 1 is 1.07 bits per heavy atom. The van der Waals surface area contributed by atoms with Gasteiger partial charge in [-0.1, -0.05) is 18.2 Å².